The van der Waals surface area contributed by atoms with Crippen molar-refractivity contribution in [1.29, 1.82) is 0 Å². The highest BCUT2D eigenvalue weighted by atomic mass is 19.1. The lowest BCUT2D eigenvalue weighted by Crippen LogP contribution is -2.23. The summed E-state index contributed by atoms with van der Waals surface area (Å²) in [5.41, 5.74) is 1.60. The number of rotatable bonds is 5. The van der Waals surface area contributed by atoms with Crippen LogP contribution in [0.4, 0.5) is 4.39 Å². The van der Waals surface area contributed by atoms with Crippen LogP contribution < -0.4 is 10.1 Å². The molecule has 6 heteroatoms. The van der Waals surface area contributed by atoms with Crippen LogP contribution in [0.3, 0.4) is 0 Å². The zero-order valence-electron chi connectivity index (χ0n) is 11.2. The number of halogens is 1. The van der Waals surface area contributed by atoms with Gasteiger partial charge >= 0.3 is 0 Å². The van der Waals surface area contributed by atoms with Gasteiger partial charge in [-0.15, -0.1) is 0 Å². The van der Waals surface area contributed by atoms with Crippen LogP contribution in [0.25, 0.3) is 0 Å². The summed E-state index contributed by atoms with van der Waals surface area (Å²) >= 11 is 0. The molecule has 0 aliphatic carbocycles. The van der Waals surface area contributed by atoms with Crippen LogP contribution in [-0.4, -0.2) is 28.9 Å². The lowest BCUT2D eigenvalue weighted by molar-refractivity contribution is 0.400. The summed E-state index contributed by atoms with van der Waals surface area (Å²) in [6.45, 7) is 2.72. The van der Waals surface area contributed by atoms with Crippen molar-refractivity contribution in [3.8, 4) is 5.75 Å². The van der Waals surface area contributed by atoms with E-state index >= 15 is 0 Å². The predicted molar refractivity (Wildman–Crippen MR) is 69.6 cm³/mol. The first kappa shape index (κ1) is 13.5. The normalized spacial score (nSPS) is 12.4. The molecule has 19 heavy (non-hydrogen) atoms. The van der Waals surface area contributed by atoms with E-state index in [1.807, 2.05) is 18.7 Å². The van der Waals surface area contributed by atoms with Gasteiger partial charge in [-0.3, -0.25) is 9.67 Å². The van der Waals surface area contributed by atoms with Gasteiger partial charge in [-0.05, 0) is 26.1 Å². The maximum atomic E-state index is 13.0. The average Bonchev–Trinajstić information content (AvgIpc) is 2.85. The number of aryl methyl sites for hydroxylation is 1. The summed E-state index contributed by atoms with van der Waals surface area (Å²) < 4.78 is 20.1. The second-order valence-corrected chi connectivity index (χ2v) is 4.04. The van der Waals surface area contributed by atoms with E-state index in [4.69, 9.17) is 4.74 Å². The van der Waals surface area contributed by atoms with Crippen molar-refractivity contribution < 1.29 is 9.13 Å². The number of aromatic nitrogens is 3. The Morgan fingerprint density at radius 3 is 2.74 bits per heavy atom. The Kier molecular flexibility index (Phi) is 4.11. The standard InChI is InChI=1S/C13H17FN4O/c1-4-18-13(11(19-3)8-17-18)12(15-2)10-6-5-9(14)7-16-10/h5-8,12,15H,4H2,1-3H3. The minimum Gasteiger partial charge on any atom is -0.493 e. The van der Waals surface area contributed by atoms with Gasteiger partial charge in [0, 0.05) is 6.54 Å². The second kappa shape index (κ2) is 5.79. The number of hydrogen-bond donors (Lipinski definition) is 1. The van der Waals surface area contributed by atoms with Gasteiger partial charge in [0.25, 0.3) is 0 Å². The molecule has 0 saturated carbocycles. The predicted octanol–water partition coefficient (Wildman–Crippen LogP) is 1.75. The van der Waals surface area contributed by atoms with Gasteiger partial charge < -0.3 is 10.1 Å². The molecule has 5 nitrogen and oxygen atoms in total. The van der Waals surface area contributed by atoms with E-state index in [9.17, 15) is 4.39 Å². The molecule has 0 aliphatic rings. The summed E-state index contributed by atoms with van der Waals surface area (Å²) in [4.78, 5) is 4.12. The number of hydrogen-bond acceptors (Lipinski definition) is 4. The fourth-order valence-electron chi connectivity index (χ4n) is 2.06. The van der Waals surface area contributed by atoms with E-state index in [2.05, 4.69) is 15.4 Å². The Labute approximate surface area is 111 Å². The van der Waals surface area contributed by atoms with Crippen molar-refractivity contribution in [2.75, 3.05) is 14.2 Å². The molecule has 2 aromatic heterocycles. The fraction of sp³-hybridized carbons (Fsp3) is 0.385. The molecule has 0 saturated heterocycles. The lowest BCUT2D eigenvalue weighted by atomic mass is 10.1. The molecule has 0 bridgehead atoms. The first-order valence-electron chi connectivity index (χ1n) is 6.09. The van der Waals surface area contributed by atoms with Gasteiger partial charge in [-0.25, -0.2) is 4.39 Å². The topological polar surface area (TPSA) is 52.0 Å². The number of pyridine rings is 1. The molecule has 1 atom stereocenters. The third-order valence-electron chi connectivity index (χ3n) is 2.97. The SMILES string of the molecule is CCn1ncc(OC)c1C(NC)c1ccc(F)cn1. The number of nitrogens with one attached hydrogen (secondary N) is 1. The average molecular weight is 264 g/mol. The highest BCUT2D eigenvalue weighted by Crippen LogP contribution is 2.28. The van der Waals surface area contributed by atoms with E-state index in [1.165, 1.54) is 12.3 Å². The monoisotopic (exact) mass is 264 g/mol. The molecule has 1 N–H and O–H groups in total. The van der Waals surface area contributed by atoms with Crippen molar-refractivity contribution in [1.82, 2.24) is 20.1 Å². The van der Waals surface area contributed by atoms with Gasteiger partial charge in [0.1, 0.15) is 11.5 Å². The van der Waals surface area contributed by atoms with E-state index in [-0.39, 0.29) is 11.9 Å². The first-order chi connectivity index (χ1) is 9.21. The van der Waals surface area contributed by atoms with Gasteiger partial charge in [-0.1, -0.05) is 0 Å². The molecule has 2 aromatic rings. The van der Waals surface area contributed by atoms with Gasteiger partial charge in [0.2, 0.25) is 0 Å². The first-order valence-corrected chi connectivity index (χ1v) is 6.09. The van der Waals surface area contributed by atoms with E-state index in [0.717, 1.165) is 17.9 Å². The minimum absolute atomic E-state index is 0.196. The van der Waals surface area contributed by atoms with Crippen LogP contribution in [0.15, 0.2) is 24.5 Å². The Morgan fingerprint density at radius 1 is 1.42 bits per heavy atom. The summed E-state index contributed by atoms with van der Waals surface area (Å²) in [5.74, 6) is 0.335. The Bertz CT molecular complexity index is 517. The van der Waals surface area contributed by atoms with Crippen LogP contribution in [0.5, 0.6) is 5.75 Å². The molecule has 0 amide bonds. The van der Waals surface area contributed by atoms with Gasteiger partial charge in [0.05, 0.1) is 31.2 Å². The number of nitrogens with zero attached hydrogens (tertiary/aromatic N) is 3. The molecular formula is C13H17FN4O. The van der Waals surface area contributed by atoms with Crippen LogP contribution in [0, 0.1) is 5.82 Å². The highest BCUT2D eigenvalue weighted by molar-refractivity contribution is 5.33. The smallest absolute Gasteiger partial charge is 0.161 e. The van der Waals surface area contributed by atoms with Gasteiger partial charge in [0.15, 0.2) is 5.75 Å². The summed E-state index contributed by atoms with van der Waals surface area (Å²) in [5, 5.41) is 7.43. The van der Waals surface area contributed by atoms with E-state index in [1.54, 1.807) is 19.4 Å². The zero-order chi connectivity index (χ0) is 13.8. The van der Waals surface area contributed by atoms with Crippen molar-refractivity contribution >= 4 is 0 Å². The molecule has 0 fully saturated rings. The maximum Gasteiger partial charge on any atom is 0.161 e. The van der Waals surface area contributed by atoms with Crippen molar-refractivity contribution in [2.24, 2.45) is 0 Å². The summed E-state index contributed by atoms with van der Waals surface area (Å²) in [6.07, 6.45) is 2.88. The van der Waals surface area contributed by atoms with Gasteiger partial charge in [-0.2, -0.15) is 5.10 Å². The van der Waals surface area contributed by atoms with Crippen molar-refractivity contribution in [3.05, 3.63) is 41.7 Å². The van der Waals surface area contributed by atoms with Crippen molar-refractivity contribution in [3.63, 3.8) is 0 Å². The molecule has 1 unspecified atom stereocenters. The molecule has 0 aliphatic heterocycles. The highest BCUT2D eigenvalue weighted by Gasteiger charge is 2.22. The third-order valence-corrected chi connectivity index (χ3v) is 2.97. The molecule has 0 aromatic carbocycles. The molecule has 102 valence electrons. The van der Waals surface area contributed by atoms with Crippen LogP contribution in [0.1, 0.15) is 24.4 Å². The van der Waals surface area contributed by atoms with Crippen LogP contribution >= 0.6 is 0 Å². The van der Waals surface area contributed by atoms with Crippen molar-refractivity contribution in [2.45, 2.75) is 19.5 Å². The summed E-state index contributed by atoms with van der Waals surface area (Å²) in [6, 6.07) is 2.85. The van der Waals surface area contributed by atoms with E-state index in [0.29, 0.717) is 5.75 Å². The number of methoxy groups -OCH3 is 1. The Hall–Kier alpha value is -1.95. The second-order valence-electron chi connectivity index (χ2n) is 4.04. The Morgan fingerprint density at radius 2 is 2.21 bits per heavy atom. The third kappa shape index (κ3) is 2.58. The summed E-state index contributed by atoms with van der Waals surface area (Å²) in [7, 11) is 3.42. The van der Waals surface area contributed by atoms with E-state index < -0.39 is 0 Å². The van der Waals surface area contributed by atoms with Crippen LogP contribution in [-0.2, 0) is 6.54 Å². The molecule has 0 spiro atoms. The largest absolute Gasteiger partial charge is 0.493 e. The molecule has 2 heterocycles. The van der Waals surface area contributed by atoms with Crippen LogP contribution in [0.2, 0.25) is 0 Å². The number of ether oxygens (including phenoxy) is 1. The fourth-order valence-corrected chi connectivity index (χ4v) is 2.06. The minimum atomic E-state index is -0.352. The quantitative estimate of drug-likeness (QED) is 0.894. The molecule has 0 radical (unpaired) electrons. The Balaban J connectivity index is 2.46. The maximum absolute atomic E-state index is 13.0. The molecular weight excluding hydrogens is 247 g/mol. The zero-order valence-corrected chi connectivity index (χ0v) is 11.2. The molecule has 2 rings (SSSR count). The lowest BCUT2D eigenvalue weighted by Gasteiger charge is -2.18.